The van der Waals surface area contributed by atoms with E-state index in [1.807, 2.05) is 66.9 Å². The summed E-state index contributed by atoms with van der Waals surface area (Å²) in [4.78, 5) is 20.0. The van der Waals surface area contributed by atoms with Crippen molar-refractivity contribution in [2.75, 3.05) is 19.6 Å². The highest BCUT2D eigenvalue weighted by Crippen LogP contribution is 2.46. The van der Waals surface area contributed by atoms with E-state index in [0.29, 0.717) is 5.41 Å². The van der Waals surface area contributed by atoms with E-state index in [9.17, 15) is 4.79 Å². The van der Waals surface area contributed by atoms with Crippen molar-refractivity contribution >= 4 is 12.1 Å². The summed E-state index contributed by atoms with van der Waals surface area (Å²) in [6, 6.07) is 29.0. The molecule has 1 saturated heterocycles. The summed E-state index contributed by atoms with van der Waals surface area (Å²) in [5, 5.41) is 0. The van der Waals surface area contributed by atoms with Crippen molar-refractivity contribution in [3.63, 3.8) is 0 Å². The minimum absolute atomic E-state index is 0.0902. The molecule has 0 radical (unpaired) electrons. The van der Waals surface area contributed by atoms with E-state index in [2.05, 4.69) is 34.2 Å². The third kappa shape index (κ3) is 4.69. The number of likely N-dealkylation sites (tertiary alicyclic amines) is 1. The lowest BCUT2D eigenvalue weighted by Gasteiger charge is -2.40. The standard InChI is InChI=1S/C30H32N2O/c33-29(28(25-11-3-1-4-12-25)26-13-5-2-6-14-26)31-20-9-21-32-22-18-30(19-23-32)17-16-24-10-7-8-15-27(24)30/h1-8,10-15,20,28H,9,16-19,21-23H2. The number of piperidine rings is 1. The number of amides is 1. The fourth-order valence-electron chi connectivity index (χ4n) is 5.73. The van der Waals surface area contributed by atoms with Gasteiger partial charge in [-0.3, -0.25) is 4.79 Å². The van der Waals surface area contributed by atoms with Gasteiger partial charge in [-0.15, -0.1) is 0 Å². The minimum atomic E-state index is -0.346. The minimum Gasteiger partial charge on any atom is -0.303 e. The van der Waals surface area contributed by atoms with E-state index in [4.69, 9.17) is 0 Å². The Morgan fingerprint density at radius 1 is 0.848 bits per heavy atom. The molecule has 2 aliphatic rings. The highest BCUT2D eigenvalue weighted by atomic mass is 16.1. The van der Waals surface area contributed by atoms with Crippen molar-refractivity contribution in [2.45, 2.75) is 43.4 Å². The molecule has 0 aromatic heterocycles. The van der Waals surface area contributed by atoms with Crippen molar-refractivity contribution in [1.82, 2.24) is 4.90 Å². The summed E-state index contributed by atoms with van der Waals surface area (Å²) >= 11 is 0. The van der Waals surface area contributed by atoms with Gasteiger partial charge in [-0.25, -0.2) is 4.99 Å². The second-order valence-corrected chi connectivity index (χ2v) is 9.47. The Balaban J connectivity index is 1.17. The first kappa shape index (κ1) is 21.8. The number of aliphatic imine (C=N–C) groups is 1. The molecule has 5 rings (SSSR count). The van der Waals surface area contributed by atoms with Crippen LogP contribution >= 0.6 is 0 Å². The Morgan fingerprint density at radius 2 is 1.45 bits per heavy atom. The van der Waals surface area contributed by atoms with Crippen LogP contribution in [-0.4, -0.2) is 36.7 Å². The number of hydrogen-bond donors (Lipinski definition) is 0. The second-order valence-electron chi connectivity index (χ2n) is 9.47. The van der Waals surface area contributed by atoms with Crippen LogP contribution in [0.2, 0.25) is 0 Å². The smallest absolute Gasteiger partial charge is 0.257 e. The largest absolute Gasteiger partial charge is 0.303 e. The Labute approximate surface area is 197 Å². The van der Waals surface area contributed by atoms with E-state index in [1.165, 1.54) is 25.7 Å². The highest BCUT2D eigenvalue weighted by Gasteiger charge is 2.40. The van der Waals surface area contributed by atoms with Crippen LogP contribution in [0, 0.1) is 0 Å². The van der Waals surface area contributed by atoms with Gasteiger partial charge in [0.15, 0.2) is 0 Å². The summed E-state index contributed by atoms with van der Waals surface area (Å²) < 4.78 is 0. The van der Waals surface area contributed by atoms with Crippen LogP contribution in [0.4, 0.5) is 0 Å². The monoisotopic (exact) mass is 436 g/mol. The van der Waals surface area contributed by atoms with Crippen molar-refractivity contribution in [2.24, 2.45) is 4.99 Å². The van der Waals surface area contributed by atoms with Gasteiger partial charge in [0.25, 0.3) is 5.91 Å². The lowest BCUT2D eigenvalue weighted by molar-refractivity contribution is -0.118. The summed E-state index contributed by atoms with van der Waals surface area (Å²) in [7, 11) is 0. The van der Waals surface area contributed by atoms with E-state index < -0.39 is 0 Å². The zero-order chi connectivity index (χ0) is 22.5. The first-order chi connectivity index (χ1) is 16.3. The predicted octanol–water partition coefficient (Wildman–Crippen LogP) is 5.79. The zero-order valence-electron chi connectivity index (χ0n) is 19.2. The van der Waals surface area contributed by atoms with Crippen LogP contribution in [-0.2, 0) is 16.6 Å². The van der Waals surface area contributed by atoms with Crippen LogP contribution in [0.15, 0.2) is 89.9 Å². The van der Waals surface area contributed by atoms with Crippen LogP contribution in [0.25, 0.3) is 0 Å². The molecule has 3 heteroatoms. The fraction of sp³-hybridized carbons (Fsp3) is 0.333. The Kier molecular flexibility index (Phi) is 6.50. The normalized spacial score (nSPS) is 17.6. The van der Waals surface area contributed by atoms with Gasteiger partial charge in [0.05, 0.1) is 5.92 Å². The van der Waals surface area contributed by atoms with Crippen molar-refractivity contribution in [3.05, 3.63) is 107 Å². The first-order valence-electron chi connectivity index (χ1n) is 12.2. The van der Waals surface area contributed by atoms with Crippen LogP contribution in [0.5, 0.6) is 0 Å². The van der Waals surface area contributed by atoms with Gasteiger partial charge in [0.1, 0.15) is 0 Å². The molecule has 0 bridgehead atoms. The van der Waals surface area contributed by atoms with E-state index in [-0.39, 0.29) is 11.8 Å². The predicted molar refractivity (Wildman–Crippen MR) is 135 cm³/mol. The Morgan fingerprint density at radius 3 is 2.12 bits per heavy atom. The molecule has 0 unspecified atom stereocenters. The number of nitrogens with zero attached hydrogens (tertiary/aromatic N) is 2. The van der Waals surface area contributed by atoms with Crippen molar-refractivity contribution in [1.29, 1.82) is 0 Å². The quantitative estimate of drug-likeness (QED) is 0.459. The van der Waals surface area contributed by atoms with Crippen LogP contribution in [0.1, 0.15) is 53.9 Å². The van der Waals surface area contributed by atoms with E-state index >= 15 is 0 Å². The van der Waals surface area contributed by atoms with Crippen LogP contribution in [0.3, 0.4) is 0 Å². The molecule has 0 N–H and O–H groups in total. The highest BCUT2D eigenvalue weighted by molar-refractivity contribution is 5.92. The molecular formula is C30H32N2O. The summed E-state index contributed by atoms with van der Waals surface area (Å²) in [5.74, 6) is -0.437. The maximum absolute atomic E-state index is 13.1. The molecule has 1 fully saturated rings. The number of rotatable bonds is 6. The second kappa shape index (κ2) is 9.84. The number of fused-ring (bicyclic) bond motifs is 2. The first-order valence-corrected chi connectivity index (χ1v) is 12.2. The van der Waals surface area contributed by atoms with E-state index in [1.54, 1.807) is 11.1 Å². The number of hydrogen-bond acceptors (Lipinski definition) is 2. The molecule has 1 aliphatic carbocycles. The number of carbonyl (C=O) groups excluding carboxylic acids is 1. The molecule has 0 saturated carbocycles. The van der Waals surface area contributed by atoms with Crippen molar-refractivity contribution < 1.29 is 4.79 Å². The van der Waals surface area contributed by atoms with Gasteiger partial charge >= 0.3 is 0 Å². The third-order valence-electron chi connectivity index (χ3n) is 7.58. The summed E-state index contributed by atoms with van der Waals surface area (Å²) in [6.45, 7) is 3.23. The molecular weight excluding hydrogens is 404 g/mol. The molecule has 168 valence electrons. The van der Waals surface area contributed by atoms with Gasteiger partial charge in [-0.2, -0.15) is 0 Å². The lowest BCUT2D eigenvalue weighted by Crippen LogP contribution is -2.41. The maximum atomic E-state index is 13.1. The van der Waals surface area contributed by atoms with E-state index in [0.717, 1.165) is 37.2 Å². The summed E-state index contributed by atoms with van der Waals surface area (Å²) in [5.41, 5.74) is 5.54. The molecule has 1 amide bonds. The summed E-state index contributed by atoms with van der Waals surface area (Å²) in [6.07, 6.45) is 7.65. The number of benzene rings is 3. The molecule has 33 heavy (non-hydrogen) atoms. The van der Waals surface area contributed by atoms with Gasteiger partial charge in [0, 0.05) is 12.8 Å². The number of carbonyl (C=O) groups is 1. The molecule has 1 aliphatic heterocycles. The van der Waals surface area contributed by atoms with Gasteiger partial charge in [0.2, 0.25) is 0 Å². The zero-order valence-corrected chi connectivity index (χ0v) is 19.2. The topological polar surface area (TPSA) is 32.7 Å². The van der Waals surface area contributed by atoms with Crippen molar-refractivity contribution in [3.8, 4) is 0 Å². The maximum Gasteiger partial charge on any atom is 0.257 e. The lowest BCUT2D eigenvalue weighted by atomic mass is 9.74. The average Bonchev–Trinajstić information content (AvgIpc) is 3.23. The molecule has 3 aromatic rings. The molecule has 3 nitrogen and oxygen atoms in total. The van der Waals surface area contributed by atoms with Gasteiger partial charge in [-0.1, -0.05) is 84.9 Å². The van der Waals surface area contributed by atoms with Gasteiger partial charge in [-0.05, 0) is 72.9 Å². The Bertz CT molecular complexity index is 1060. The molecule has 1 heterocycles. The van der Waals surface area contributed by atoms with Crippen LogP contribution < -0.4 is 0 Å². The fourth-order valence-corrected chi connectivity index (χ4v) is 5.73. The third-order valence-corrected chi connectivity index (χ3v) is 7.58. The molecule has 1 spiro atoms. The SMILES string of the molecule is O=C(N=CCCN1CCC2(CCc3ccccc32)CC1)C(c1ccccc1)c1ccccc1. The Hall–Kier alpha value is -3.04. The molecule has 3 aromatic carbocycles. The van der Waals surface area contributed by atoms with Gasteiger partial charge < -0.3 is 4.90 Å². The molecule has 0 atom stereocenters. The number of aryl methyl sites for hydroxylation is 1. The average molecular weight is 437 g/mol.